The molecule has 5 rings (SSSR count). The minimum absolute atomic E-state index is 0.00269. The number of carboxylic acids is 1. The fourth-order valence-corrected chi connectivity index (χ4v) is 9.98. The number of carbonyl (C=O) groups is 2. The van der Waals surface area contributed by atoms with Crippen LogP contribution in [0, 0.1) is 51.8 Å². The highest BCUT2D eigenvalue weighted by molar-refractivity contribution is 5.95. The number of rotatable bonds is 1. The molecule has 0 saturated heterocycles. The molecule has 5 aliphatic carbocycles. The molecule has 3 heteroatoms. The standard InChI is InChI=1S/C27H40O3/c1-16-7-5-11-25(2)13-9-20-18(22(16)25)15-21(28)23-26(3)12-6-8-17(24(29)30)19(26)10-14-27(20,23)4/h15-17,19-20,22-23H,5-14H2,1-4H3,(H,29,30)/t16-,17-,19?,20?,22?,23?,25+,26-,27-/m0/s1. The second-order valence-corrected chi connectivity index (χ2v) is 12.6. The lowest BCUT2D eigenvalue weighted by molar-refractivity contribution is -0.171. The first-order chi connectivity index (χ1) is 14.1. The molecule has 4 unspecified atom stereocenters. The van der Waals surface area contributed by atoms with Gasteiger partial charge in [-0.25, -0.2) is 0 Å². The molecule has 0 amide bonds. The van der Waals surface area contributed by atoms with Gasteiger partial charge in [-0.2, -0.15) is 0 Å². The van der Waals surface area contributed by atoms with Gasteiger partial charge in [0, 0.05) is 5.92 Å². The minimum Gasteiger partial charge on any atom is -0.481 e. The molecule has 4 fully saturated rings. The van der Waals surface area contributed by atoms with E-state index >= 15 is 0 Å². The van der Waals surface area contributed by atoms with Gasteiger partial charge in [0.1, 0.15) is 0 Å². The van der Waals surface area contributed by atoms with Gasteiger partial charge in [-0.15, -0.1) is 0 Å². The Balaban J connectivity index is 1.58. The zero-order chi connectivity index (χ0) is 21.5. The summed E-state index contributed by atoms with van der Waals surface area (Å²) >= 11 is 0. The topological polar surface area (TPSA) is 54.4 Å². The summed E-state index contributed by atoms with van der Waals surface area (Å²) in [5.41, 5.74) is 1.70. The number of hydrogen-bond donors (Lipinski definition) is 1. The number of hydrogen-bond acceptors (Lipinski definition) is 2. The van der Waals surface area contributed by atoms with Crippen molar-refractivity contribution in [3.63, 3.8) is 0 Å². The first-order valence-corrected chi connectivity index (χ1v) is 12.6. The predicted molar refractivity (Wildman–Crippen MR) is 118 cm³/mol. The van der Waals surface area contributed by atoms with Crippen molar-refractivity contribution < 1.29 is 14.7 Å². The van der Waals surface area contributed by atoms with Crippen molar-refractivity contribution in [3.8, 4) is 0 Å². The van der Waals surface area contributed by atoms with Crippen LogP contribution in [0.2, 0.25) is 0 Å². The molecule has 5 aliphatic rings. The molecular weight excluding hydrogens is 372 g/mol. The summed E-state index contributed by atoms with van der Waals surface area (Å²) in [5.74, 6) is 1.34. The second kappa shape index (κ2) is 6.69. The van der Waals surface area contributed by atoms with Gasteiger partial charge in [0.2, 0.25) is 0 Å². The van der Waals surface area contributed by atoms with Crippen molar-refractivity contribution >= 4 is 11.8 Å². The Morgan fingerprint density at radius 1 is 0.967 bits per heavy atom. The number of carboxylic acid groups (broad SMARTS) is 1. The summed E-state index contributed by atoms with van der Waals surface area (Å²) in [5, 5.41) is 9.90. The van der Waals surface area contributed by atoms with Crippen molar-refractivity contribution in [1.82, 2.24) is 0 Å². The van der Waals surface area contributed by atoms with Crippen LogP contribution in [-0.2, 0) is 9.59 Å². The zero-order valence-electron chi connectivity index (χ0n) is 19.4. The number of fused-ring (bicyclic) bond motifs is 7. The average molecular weight is 413 g/mol. The molecule has 0 aromatic rings. The van der Waals surface area contributed by atoms with Crippen LogP contribution >= 0.6 is 0 Å². The molecule has 0 heterocycles. The Labute approximate surface area is 182 Å². The van der Waals surface area contributed by atoms with Crippen LogP contribution < -0.4 is 0 Å². The van der Waals surface area contributed by atoms with Crippen LogP contribution in [0.15, 0.2) is 11.6 Å². The molecule has 0 aromatic heterocycles. The monoisotopic (exact) mass is 412 g/mol. The average Bonchev–Trinajstić information content (AvgIpc) is 2.65. The molecule has 0 aromatic carbocycles. The van der Waals surface area contributed by atoms with Crippen molar-refractivity contribution in [2.75, 3.05) is 0 Å². The fraction of sp³-hybridized carbons (Fsp3) is 0.852. The minimum atomic E-state index is -0.640. The van der Waals surface area contributed by atoms with E-state index in [-0.39, 0.29) is 28.6 Å². The lowest BCUT2D eigenvalue weighted by Gasteiger charge is -2.65. The second-order valence-electron chi connectivity index (χ2n) is 12.6. The molecular formula is C27H40O3. The Bertz CT molecular complexity index is 798. The Morgan fingerprint density at radius 3 is 2.43 bits per heavy atom. The summed E-state index contributed by atoms with van der Waals surface area (Å²) in [7, 11) is 0. The highest BCUT2D eigenvalue weighted by Crippen LogP contribution is 2.69. The van der Waals surface area contributed by atoms with E-state index < -0.39 is 5.97 Å². The third-order valence-corrected chi connectivity index (χ3v) is 11.1. The zero-order valence-corrected chi connectivity index (χ0v) is 19.4. The van der Waals surface area contributed by atoms with Crippen molar-refractivity contribution in [2.24, 2.45) is 51.8 Å². The Hall–Kier alpha value is -1.12. The Morgan fingerprint density at radius 2 is 1.70 bits per heavy atom. The SMILES string of the molecule is C[C@H]1CCC[C@]2(C)CCC3C(=CC(=O)C4[C@@]3(C)CCC3[C@@H](C(=O)O)CCC[C@@]34C)C12. The number of ketones is 1. The quantitative estimate of drug-likeness (QED) is 0.552. The largest absolute Gasteiger partial charge is 0.481 e. The van der Waals surface area contributed by atoms with E-state index in [0.29, 0.717) is 29.0 Å². The maximum absolute atomic E-state index is 13.9. The van der Waals surface area contributed by atoms with Gasteiger partial charge >= 0.3 is 5.97 Å². The third-order valence-electron chi connectivity index (χ3n) is 11.1. The number of carbonyl (C=O) groups excluding carboxylic acids is 1. The van der Waals surface area contributed by atoms with Gasteiger partial charge in [0.05, 0.1) is 5.92 Å². The first-order valence-electron chi connectivity index (χ1n) is 12.6. The van der Waals surface area contributed by atoms with Gasteiger partial charge in [0.15, 0.2) is 5.78 Å². The van der Waals surface area contributed by atoms with Gasteiger partial charge in [-0.3, -0.25) is 9.59 Å². The summed E-state index contributed by atoms with van der Waals surface area (Å²) in [6, 6.07) is 0. The lowest BCUT2D eigenvalue weighted by atomic mass is 9.38. The van der Waals surface area contributed by atoms with Crippen LogP contribution in [0.25, 0.3) is 0 Å². The number of aliphatic carboxylic acids is 1. The van der Waals surface area contributed by atoms with E-state index in [2.05, 4.69) is 33.8 Å². The van der Waals surface area contributed by atoms with E-state index in [1.165, 1.54) is 37.7 Å². The molecule has 30 heavy (non-hydrogen) atoms. The molecule has 0 radical (unpaired) electrons. The fourth-order valence-electron chi connectivity index (χ4n) is 9.98. The smallest absolute Gasteiger partial charge is 0.306 e. The molecule has 0 spiro atoms. The summed E-state index contributed by atoms with van der Waals surface area (Å²) in [6.45, 7) is 9.60. The van der Waals surface area contributed by atoms with Crippen molar-refractivity contribution in [1.29, 1.82) is 0 Å². The maximum atomic E-state index is 13.9. The van der Waals surface area contributed by atoms with Crippen molar-refractivity contribution in [3.05, 3.63) is 11.6 Å². The van der Waals surface area contributed by atoms with E-state index in [9.17, 15) is 14.7 Å². The molecule has 166 valence electrons. The van der Waals surface area contributed by atoms with Crippen LogP contribution in [0.3, 0.4) is 0 Å². The highest BCUT2D eigenvalue weighted by Gasteiger charge is 2.65. The summed E-state index contributed by atoms with van der Waals surface area (Å²) in [4.78, 5) is 25.9. The predicted octanol–water partition coefficient (Wildman–Crippen LogP) is 6.27. The molecule has 0 aliphatic heterocycles. The van der Waals surface area contributed by atoms with E-state index in [0.717, 1.165) is 32.1 Å². The van der Waals surface area contributed by atoms with Crippen LogP contribution in [0.4, 0.5) is 0 Å². The molecule has 9 atom stereocenters. The lowest BCUT2D eigenvalue weighted by Crippen LogP contribution is -2.61. The molecule has 0 bridgehead atoms. The van der Waals surface area contributed by atoms with Crippen LogP contribution in [0.1, 0.15) is 91.9 Å². The van der Waals surface area contributed by atoms with E-state index in [1.54, 1.807) is 0 Å². The first kappa shape index (κ1) is 20.8. The maximum Gasteiger partial charge on any atom is 0.306 e. The van der Waals surface area contributed by atoms with Gasteiger partial charge in [-0.1, -0.05) is 52.5 Å². The van der Waals surface area contributed by atoms with Crippen LogP contribution in [0.5, 0.6) is 0 Å². The molecule has 4 saturated carbocycles. The van der Waals surface area contributed by atoms with Gasteiger partial charge in [0.25, 0.3) is 0 Å². The summed E-state index contributed by atoms with van der Waals surface area (Å²) < 4.78 is 0. The van der Waals surface area contributed by atoms with E-state index in [4.69, 9.17) is 0 Å². The van der Waals surface area contributed by atoms with Gasteiger partial charge in [-0.05, 0) is 90.9 Å². The van der Waals surface area contributed by atoms with Gasteiger partial charge < -0.3 is 5.11 Å². The van der Waals surface area contributed by atoms with E-state index in [1.807, 2.05) is 0 Å². The summed E-state index contributed by atoms with van der Waals surface area (Å²) in [6.07, 6.45) is 13.3. The van der Waals surface area contributed by atoms with Crippen LogP contribution in [-0.4, -0.2) is 16.9 Å². The normalized spacial score (nSPS) is 52.9. The van der Waals surface area contributed by atoms with Crippen molar-refractivity contribution in [2.45, 2.75) is 91.9 Å². The molecule has 3 nitrogen and oxygen atoms in total. The Kier molecular flexibility index (Phi) is 4.63. The highest BCUT2D eigenvalue weighted by atomic mass is 16.4. The number of allylic oxidation sites excluding steroid dienone is 2. The molecule has 1 N–H and O–H groups in total. The third kappa shape index (κ3) is 2.62.